The molecule has 0 aromatic carbocycles. The first-order valence-electron chi connectivity index (χ1n) is 8.07. The molecule has 1 aliphatic heterocycles. The third kappa shape index (κ3) is 3.94. The van der Waals surface area contributed by atoms with Gasteiger partial charge in [0.15, 0.2) is 0 Å². The summed E-state index contributed by atoms with van der Waals surface area (Å²) in [5, 5.41) is 3.95. The predicted molar refractivity (Wildman–Crippen MR) is 94.0 cm³/mol. The van der Waals surface area contributed by atoms with Crippen LogP contribution in [0.2, 0.25) is 0 Å². The Morgan fingerprint density at radius 2 is 2.08 bits per heavy atom. The molecule has 3 heterocycles. The number of hydrogen-bond donors (Lipinski definition) is 1. The van der Waals surface area contributed by atoms with Gasteiger partial charge in [-0.25, -0.2) is 4.98 Å². The van der Waals surface area contributed by atoms with Crippen LogP contribution in [0.15, 0.2) is 47.9 Å². The summed E-state index contributed by atoms with van der Waals surface area (Å²) in [7, 11) is 0. The zero-order valence-corrected chi connectivity index (χ0v) is 14.5. The molecule has 0 bridgehead atoms. The van der Waals surface area contributed by atoms with Crippen molar-refractivity contribution in [2.24, 2.45) is 5.92 Å². The Hall–Kier alpha value is -1.92. The summed E-state index contributed by atoms with van der Waals surface area (Å²) < 4.78 is 5.47. The fraction of sp³-hybridized carbons (Fsp3) is 0.389. The Morgan fingerprint density at radius 3 is 2.79 bits per heavy atom. The molecule has 6 heteroatoms. The van der Waals surface area contributed by atoms with Crippen LogP contribution >= 0.6 is 11.8 Å². The number of carbonyl (C=O) groups is 1. The monoisotopic (exact) mass is 343 g/mol. The number of thioether (sulfide) groups is 1. The number of nitrogens with zero attached hydrogens (tertiary/aromatic N) is 2. The number of carbonyl (C=O) groups excluding carboxylic acids is 1. The molecule has 5 nitrogen and oxygen atoms in total. The van der Waals surface area contributed by atoms with E-state index in [9.17, 15) is 4.79 Å². The number of rotatable bonds is 5. The second-order valence-electron chi connectivity index (χ2n) is 5.75. The van der Waals surface area contributed by atoms with Gasteiger partial charge < -0.3 is 10.1 Å². The molecule has 126 valence electrons. The Balaban J connectivity index is 1.84. The topological polar surface area (TPSA) is 64.1 Å². The second kappa shape index (κ2) is 8.26. The fourth-order valence-corrected chi connectivity index (χ4v) is 3.57. The van der Waals surface area contributed by atoms with Gasteiger partial charge in [0.2, 0.25) is 0 Å². The van der Waals surface area contributed by atoms with Crippen LogP contribution in [-0.2, 0) is 4.74 Å². The molecule has 1 unspecified atom stereocenters. The van der Waals surface area contributed by atoms with Gasteiger partial charge in [0.1, 0.15) is 5.03 Å². The Kier molecular flexibility index (Phi) is 5.82. The van der Waals surface area contributed by atoms with E-state index >= 15 is 0 Å². The maximum atomic E-state index is 12.8. The van der Waals surface area contributed by atoms with Gasteiger partial charge in [-0.15, -0.1) is 11.8 Å². The molecule has 1 saturated heterocycles. The fourth-order valence-electron chi connectivity index (χ4n) is 3.03. The average Bonchev–Trinajstić information content (AvgIpc) is 2.67. The van der Waals surface area contributed by atoms with Crippen LogP contribution < -0.4 is 5.32 Å². The summed E-state index contributed by atoms with van der Waals surface area (Å²) in [6.07, 6.45) is 9.08. The predicted octanol–water partition coefficient (Wildman–Crippen LogP) is 3.10. The summed E-state index contributed by atoms with van der Waals surface area (Å²) in [4.78, 5) is 21.3. The molecule has 1 N–H and O–H groups in total. The molecule has 24 heavy (non-hydrogen) atoms. The van der Waals surface area contributed by atoms with E-state index in [1.54, 1.807) is 18.5 Å². The number of pyridine rings is 2. The molecule has 2 aromatic rings. The highest BCUT2D eigenvalue weighted by Gasteiger charge is 2.28. The van der Waals surface area contributed by atoms with Gasteiger partial charge in [-0.1, -0.05) is 6.07 Å². The smallest absolute Gasteiger partial charge is 0.254 e. The first-order valence-corrected chi connectivity index (χ1v) is 9.29. The molecule has 2 aromatic heterocycles. The number of amides is 1. The molecule has 1 fully saturated rings. The lowest BCUT2D eigenvalue weighted by Gasteiger charge is -2.31. The lowest BCUT2D eigenvalue weighted by Crippen LogP contribution is -2.36. The van der Waals surface area contributed by atoms with Crippen LogP contribution in [0.5, 0.6) is 0 Å². The van der Waals surface area contributed by atoms with E-state index in [2.05, 4.69) is 15.3 Å². The third-order valence-corrected chi connectivity index (χ3v) is 4.99. The van der Waals surface area contributed by atoms with E-state index in [-0.39, 0.29) is 11.9 Å². The van der Waals surface area contributed by atoms with Crippen molar-refractivity contribution in [2.75, 3.05) is 19.5 Å². The van der Waals surface area contributed by atoms with Crippen molar-refractivity contribution in [1.82, 2.24) is 15.3 Å². The van der Waals surface area contributed by atoms with Crippen molar-refractivity contribution >= 4 is 17.7 Å². The van der Waals surface area contributed by atoms with Gasteiger partial charge in [-0.3, -0.25) is 9.78 Å². The first kappa shape index (κ1) is 16.9. The molecule has 1 aliphatic rings. The number of aromatic nitrogens is 2. The van der Waals surface area contributed by atoms with Crippen molar-refractivity contribution in [3.05, 3.63) is 54.0 Å². The summed E-state index contributed by atoms with van der Waals surface area (Å²) >= 11 is 1.48. The largest absolute Gasteiger partial charge is 0.381 e. The minimum atomic E-state index is -0.0900. The summed E-state index contributed by atoms with van der Waals surface area (Å²) in [6, 6.07) is 7.47. The summed E-state index contributed by atoms with van der Waals surface area (Å²) in [6.45, 7) is 1.47. The van der Waals surface area contributed by atoms with Crippen LogP contribution in [0.1, 0.15) is 34.8 Å². The average molecular weight is 343 g/mol. The third-order valence-electron chi connectivity index (χ3n) is 4.28. The van der Waals surface area contributed by atoms with Gasteiger partial charge in [0.25, 0.3) is 5.91 Å². The minimum absolute atomic E-state index is 0.0648. The van der Waals surface area contributed by atoms with E-state index in [1.807, 2.05) is 30.7 Å². The molecular weight excluding hydrogens is 322 g/mol. The molecular formula is C18H21N3O2S. The Labute approximate surface area is 146 Å². The molecule has 0 aliphatic carbocycles. The zero-order valence-electron chi connectivity index (χ0n) is 13.6. The maximum Gasteiger partial charge on any atom is 0.254 e. The van der Waals surface area contributed by atoms with E-state index in [1.165, 1.54) is 11.8 Å². The zero-order chi connectivity index (χ0) is 16.8. The van der Waals surface area contributed by atoms with Gasteiger partial charge >= 0.3 is 0 Å². The van der Waals surface area contributed by atoms with E-state index < -0.39 is 0 Å². The molecule has 0 saturated carbocycles. The highest BCUT2D eigenvalue weighted by molar-refractivity contribution is 7.98. The van der Waals surface area contributed by atoms with E-state index in [0.717, 1.165) is 36.6 Å². The van der Waals surface area contributed by atoms with Crippen LogP contribution in [0.25, 0.3) is 0 Å². The number of nitrogens with one attached hydrogen (secondary N) is 1. The summed E-state index contributed by atoms with van der Waals surface area (Å²) in [5.41, 5.74) is 1.65. The van der Waals surface area contributed by atoms with Crippen molar-refractivity contribution in [2.45, 2.75) is 23.9 Å². The van der Waals surface area contributed by atoms with Crippen molar-refractivity contribution in [3.63, 3.8) is 0 Å². The van der Waals surface area contributed by atoms with Gasteiger partial charge in [0, 0.05) is 31.8 Å². The lowest BCUT2D eigenvalue weighted by molar-refractivity contribution is 0.0513. The SMILES string of the molecule is CSc1ncccc1C(=O)NC(c1cccnc1)C1CCOCC1. The molecule has 1 amide bonds. The van der Waals surface area contributed by atoms with Crippen molar-refractivity contribution in [3.8, 4) is 0 Å². The molecule has 0 spiro atoms. The molecule has 0 radical (unpaired) electrons. The normalized spacial score (nSPS) is 16.5. The maximum absolute atomic E-state index is 12.8. The lowest BCUT2D eigenvalue weighted by atomic mass is 9.87. The number of ether oxygens (including phenoxy) is 1. The van der Waals surface area contributed by atoms with Crippen LogP contribution in [0, 0.1) is 5.92 Å². The Bertz CT molecular complexity index is 675. The van der Waals surface area contributed by atoms with Crippen LogP contribution in [0.3, 0.4) is 0 Å². The highest BCUT2D eigenvalue weighted by Crippen LogP contribution is 2.30. The standard InChI is InChI=1S/C18H21N3O2S/c1-24-18-15(5-3-9-20-18)17(22)21-16(13-6-10-23-11-7-13)14-4-2-8-19-12-14/h2-5,8-9,12-13,16H,6-7,10-11H2,1H3,(H,21,22). The molecule has 3 rings (SSSR count). The van der Waals surface area contributed by atoms with E-state index in [0.29, 0.717) is 11.5 Å². The van der Waals surface area contributed by atoms with Gasteiger partial charge in [-0.05, 0) is 48.8 Å². The van der Waals surface area contributed by atoms with Crippen molar-refractivity contribution in [1.29, 1.82) is 0 Å². The van der Waals surface area contributed by atoms with Gasteiger partial charge in [-0.2, -0.15) is 0 Å². The van der Waals surface area contributed by atoms with Crippen LogP contribution in [0.4, 0.5) is 0 Å². The van der Waals surface area contributed by atoms with Crippen LogP contribution in [-0.4, -0.2) is 35.3 Å². The molecule has 1 atom stereocenters. The second-order valence-corrected chi connectivity index (χ2v) is 6.54. The first-order chi connectivity index (χ1) is 11.8. The summed E-state index contributed by atoms with van der Waals surface area (Å²) in [5.74, 6) is 0.258. The van der Waals surface area contributed by atoms with Gasteiger partial charge in [0.05, 0.1) is 11.6 Å². The Morgan fingerprint density at radius 1 is 1.29 bits per heavy atom. The van der Waals surface area contributed by atoms with E-state index in [4.69, 9.17) is 4.74 Å². The van der Waals surface area contributed by atoms with Crippen molar-refractivity contribution < 1.29 is 9.53 Å². The highest BCUT2D eigenvalue weighted by atomic mass is 32.2. The number of hydrogen-bond acceptors (Lipinski definition) is 5. The minimum Gasteiger partial charge on any atom is -0.381 e. The quantitative estimate of drug-likeness (QED) is 0.845.